The first-order chi connectivity index (χ1) is 9.65. The first kappa shape index (κ1) is 14.2. The number of ether oxygens (including phenoxy) is 1. The van der Waals surface area contributed by atoms with Crippen LogP contribution in [0.25, 0.3) is 0 Å². The van der Waals surface area contributed by atoms with E-state index in [9.17, 15) is 4.79 Å². The molecule has 6 nitrogen and oxygen atoms in total. The van der Waals surface area contributed by atoms with Crippen molar-refractivity contribution in [2.75, 3.05) is 25.0 Å². The van der Waals surface area contributed by atoms with E-state index >= 15 is 0 Å². The summed E-state index contributed by atoms with van der Waals surface area (Å²) in [5, 5.41) is 9.98. The lowest BCUT2D eigenvalue weighted by Gasteiger charge is -2.26. The first-order valence-electron chi connectivity index (χ1n) is 6.77. The number of likely N-dealkylation sites (tertiary alicyclic amines) is 1. The predicted octanol–water partition coefficient (Wildman–Crippen LogP) is 2.02. The molecule has 2 rings (SSSR count). The maximum Gasteiger partial charge on any atom is 0.321 e. The lowest BCUT2D eigenvalue weighted by molar-refractivity contribution is 0.200. The van der Waals surface area contributed by atoms with Crippen molar-refractivity contribution in [1.82, 2.24) is 4.90 Å². The van der Waals surface area contributed by atoms with Gasteiger partial charge in [0.2, 0.25) is 0 Å². The first-order valence-corrected chi connectivity index (χ1v) is 6.77. The highest BCUT2D eigenvalue weighted by atomic mass is 16.5. The molecule has 1 aliphatic heterocycles. The Morgan fingerprint density at radius 1 is 1.35 bits per heavy atom. The topological polar surface area (TPSA) is 91.4 Å². The molecule has 1 aliphatic rings. The Hall–Kier alpha value is -2.24. The summed E-state index contributed by atoms with van der Waals surface area (Å²) in [5.41, 5.74) is 5.92. The van der Waals surface area contributed by atoms with Gasteiger partial charge in [0.05, 0.1) is 0 Å². The number of carbonyl (C=O) groups excluding carboxylic acids is 1. The largest absolute Gasteiger partial charge is 0.486 e. The van der Waals surface area contributed by atoms with E-state index in [1.54, 1.807) is 18.2 Å². The number of carbonyl (C=O) groups is 1. The van der Waals surface area contributed by atoms with Gasteiger partial charge >= 0.3 is 6.03 Å². The molecule has 0 bridgehead atoms. The maximum atomic E-state index is 12.1. The van der Waals surface area contributed by atoms with Crippen LogP contribution in [-0.2, 0) is 0 Å². The monoisotopic (exact) mass is 276 g/mol. The zero-order chi connectivity index (χ0) is 14.4. The summed E-state index contributed by atoms with van der Waals surface area (Å²) < 4.78 is 5.32. The summed E-state index contributed by atoms with van der Waals surface area (Å²) in [5.74, 6) is 0.546. The Labute approximate surface area is 118 Å². The molecular formula is C14H20N4O2. The number of benzene rings is 1. The van der Waals surface area contributed by atoms with Gasteiger partial charge in [0.15, 0.2) is 0 Å². The zero-order valence-corrected chi connectivity index (χ0v) is 11.4. The number of amides is 2. The van der Waals surface area contributed by atoms with Crippen LogP contribution in [0.15, 0.2) is 24.3 Å². The van der Waals surface area contributed by atoms with E-state index in [1.807, 2.05) is 11.0 Å². The Kier molecular flexibility index (Phi) is 4.81. The normalized spacial score (nSPS) is 14.7. The highest BCUT2D eigenvalue weighted by molar-refractivity contribution is 5.89. The Balaban J connectivity index is 1.93. The minimum Gasteiger partial charge on any atom is -0.486 e. The third-order valence-corrected chi connectivity index (χ3v) is 3.12. The van der Waals surface area contributed by atoms with E-state index in [0.717, 1.165) is 25.9 Å². The van der Waals surface area contributed by atoms with Crippen molar-refractivity contribution in [3.63, 3.8) is 0 Å². The van der Waals surface area contributed by atoms with Crippen molar-refractivity contribution in [2.45, 2.75) is 19.3 Å². The number of nitrogens with zero attached hydrogens (tertiary/aromatic N) is 1. The molecule has 1 fully saturated rings. The minimum absolute atomic E-state index is 0.0345. The Morgan fingerprint density at radius 2 is 2.10 bits per heavy atom. The van der Waals surface area contributed by atoms with Gasteiger partial charge in [-0.05, 0) is 31.4 Å². The second-order valence-electron chi connectivity index (χ2n) is 4.82. The molecule has 0 aromatic heterocycles. The number of piperidine rings is 1. The fraction of sp³-hybridized carbons (Fsp3) is 0.429. The lowest BCUT2D eigenvalue weighted by Crippen LogP contribution is -2.38. The van der Waals surface area contributed by atoms with Crippen molar-refractivity contribution in [3.8, 4) is 5.75 Å². The van der Waals surface area contributed by atoms with Gasteiger partial charge in [0.25, 0.3) is 0 Å². The predicted molar refractivity (Wildman–Crippen MR) is 78.3 cm³/mol. The Morgan fingerprint density at radius 3 is 2.80 bits per heavy atom. The van der Waals surface area contributed by atoms with Crippen LogP contribution in [0.2, 0.25) is 0 Å². The van der Waals surface area contributed by atoms with E-state index in [4.69, 9.17) is 15.9 Å². The van der Waals surface area contributed by atoms with Crippen molar-refractivity contribution in [1.29, 1.82) is 5.41 Å². The number of anilines is 1. The second kappa shape index (κ2) is 6.79. The van der Waals surface area contributed by atoms with Crippen LogP contribution < -0.4 is 15.8 Å². The zero-order valence-electron chi connectivity index (χ0n) is 11.4. The molecule has 0 radical (unpaired) electrons. The molecular weight excluding hydrogens is 256 g/mol. The number of hydrogen-bond donors (Lipinski definition) is 3. The van der Waals surface area contributed by atoms with Gasteiger partial charge in [-0.15, -0.1) is 0 Å². The van der Waals surface area contributed by atoms with Crippen molar-refractivity contribution < 1.29 is 9.53 Å². The smallest absolute Gasteiger partial charge is 0.321 e. The van der Waals surface area contributed by atoms with Crippen LogP contribution in [0, 0.1) is 5.41 Å². The van der Waals surface area contributed by atoms with Crippen LogP contribution in [-0.4, -0.2) is 36.5 Å². The van der Waals surface area contributed by atoms with Gasteiger partial charge in [0.1, 0.15) is 18.2 Å². The molecule has 0 unspecified atom stereocenters. The molecule has 0 saturated carbocycles. The molecule has 0 aliphatic carbocycles. The minimum atomic E-state index is -0.0755. The van der Waals surface area contributed by atoms with Crippen LogP contribution in [0.4, 0.5) is 10.5 Å². The quantitative estimate of drug-likeness (QED) is 0.580. The third kappa shape index (κ3) is 4.15. The summed E-state index contributed by atoms with van der Waals surface area (Å²) in [6.45, 7) is 1.67. The SMILES string of the molecule is N=C(N)COc1cccc(NC(=O)N2CCCCC2)c1. The van der Waals surface area contributed by atoms with Crippen LogP contribution >= 0.6 is 0 Å². The van der Waals surface area contributed by atoms with Gasteiger partial charge < -0.3 is 20.7 Å². The molecule has 0 atom stereocenters. The molecule has 1 aromatic rings. The standard InChI is InChI=1S/C14H20N4O2/c15-13(16)10-20-12-6-4-5-11(9-12)17-14(19)18-7-2-1-3-8-18/h4-6,9H,1-3,7-8,10H2,(H3,15,16)(H,17,19). The summed E-state index contributed by atoms with van der Waals surface area (Å²) in [6.07, 6.45) is 3.32. The average Bonchev–Trinajstić information content (AvgIpc) is 2.46. The number of hydrogen-bond acceptors (Lipinski definition) is 3. The number of rotatable bonds is 4. The number of nitrogens with one attached hydrogen (secondary N) is 2. The van der Waals surface area contributed by atoms with Crippen LogP contribution in [0.3, 0.4) is 0 Å². The summed E-state index contributed by atoms with van der Waals surface area (Å²) >= 11 is 0. The number of nitrogens with two attached hydrogens (primary N) is 1. The van der Waals surface area contributed by atoms with Gasteiger partial charge in [0, 0.05) is 24.8 Å². The van der Waals surface area contributed by atoms with Gasteiger partial charge in [-0.2, -0.15) is 0 Å². The fourth-order valence-electron chi connectivity index (χ4n) is 2.12. The molecule has 108 valence electrons. The van der Waals surface area contributed by atoms with Crippen molar-refractivity contribution in [3.05, 3.63) is 24.3 Å². The molecule has 1 saturated heterocycles. The van der Waals surface area contributed by atoms with E-state index in [2.05, 4.69) is 5.32 Å². The molecule has 4 N–H and O–H groups in total. The molecule has 1 aromatic carbocycles. The van der Waals surface area contributed by atoms with Gasteiger partial charge in [-0.25, -0.2) is 4.79 Å². The van der Waals surface area contributed by atoms with E-state index in [0.29, 0.717) is 11.4 Å². The highest BCUT2D eigenvalue weighted by Crippen LogP contribution is 2.18. The molecule has 20 heavy (non-hydrogen) atoms. The van der Waals surface area contributed by atoms with E-state index in [1.165, 1.54) is 6.42 Å². The van der Waals surface area contributed by atoms with E-state index in [-0.39, 0.29) is 18.5 Å². The van der Waals surface area contributed by atoms with Crippen LogP contribution in [0.5, 0.6) is 5.75 Å². The maximum absolute atomic E-state index is 12.1. The Bertz CT molecular complexity index is 484. The summed E-state index contributed by atoms with van der Waals surface area (Å²) in [7, 11) is 0. The van der Waals surface area contributed by atoms with Gasteiger partial charge in [-0.1, -0.05) is 6.07 Å². The lowest BCUT2D eigenvalue weighted by atomic mass is 10.1. The van der Waals surface area contributed by atoms with Crippen molar-refractivity contribution >= 4 is 17.6 Å². The molecule has 1 heterocycles. The van der Waals surface area contributed by atoms with Crippen LogP contribution in [0.1, 0.15) is 19.3 Å². The van der Waals surface area contributed by atoms with Crippen molar-refractivity contribution in [2.24, 2.45) is 5.73 Å². The average molecular weight is 276 g/mol. The number of amidine groups is 1. The number of urea groups is 1. The van der Waals surface area contributed by atoms with Gasteiger partial charge in [-0.3, -0.25) is 5.41 Å². The molecule has 2 amide bonds. The molecule has 0 spiro atoms. The molecule has 6 heteroatoms. The highest BCUT2D eigenvalue weighted by Gasteiger charge is 2.16. The van der Waals surface area contributed by atoms with E-state index < -0.39 is 0 Å². The summed E-state index contributed by atoms with van der Waals surface area (Å²) in [4.78, 5) is 13.9. The fourth-order valence-corrected chi connectivity index (χ4v) is 2.12. The third-order valence-electron chi connectivity index (χ3n) is 3.12. The second-order valence-corrected chi connectivity index (χ2v) is 4.82. The summed E-state index contributed by atoms with van der Waals surface area (Å²) in [6, 6.07) is 7.02.